The first-order chi connectivity index (χ1) is 8.69. The van der Waals surface area contributed by atoms with Crippen molar-refractivity contribution in [3.63, 3.8) is 0 Å². The Morgan fingerprint density at radius 1 is 1.33 bits per heavy atom. The van der Waals surface area contributed by atoms with E-state index in [2.05, 4.69) is 4.98 Å². The number of carbonyl (C=O) groups excluding carboxylic acids is 1. The van der Waals surface area contributed by atoms with E-state index in [1.165, 1.54) is 25.6 Å². The van der Waals surface area contributed by atoms with Gasteiger partial charge in [-0.05, 0) is 12.1 Å². The first-order valence-electron chi connectivity index (χ1n) is 5.02. The van der Waals surface area contributed by atoms with E-state index in [0.717, 1.165) is 5.56 Å². The summed E-state index contributed by atoms with van der Waals surface area (Å²) in [7, 11) is 3.06. The summed E-state index contributed by atoms with van der Waals surface area (Å²) in [6, 6.07) is 3.51. The van der Waals surface area contributed by atoms with Crippen LogP contribution in [0.3, 0.4) is 0 Å². The summed E-state index contributed by atoms with van der Waals surface area (Å²) in [6.07, 6.45) is 0.711. The SMILES string of the molecule is COc1cc(-c2nc(C=O)cs2)cc(Cl)c1OC. The van der Waals surface area contributed by atoms with E-state index in [4.69, 9.17) is 21.1 Å². The van der Waals surface area contributed by atoms with Gasteiger partial charge < -0.3 is 9.47 Å². The van der Waals surface area contributed by atoms with Crippen LogP contribution in [0, 0.1) is 0 Å². The van der Waals surface area contributed by atoms with Gasteiger partial charge in [0.2, 0.25) is 0 Å². The highest BCUT2D eigenvalue weighted by Crippen LogP contribution is 2.39. The van der Waals surface area contributed by atoms with Crippen molar-refractivity contribution in [2.45, 2.75) is 0 Å². The van der Waals surface area contributed by atoms with Crippen molar-refractivity contribution in [1.82, 2.24) is 4.98 Å². The monoisotopic (exact) mass is 283 g/mol. The van der Waals surface area contributed by atoms with Crippen molar-refractivity contribution in [1.29, 1.82) is 0 Å². The lowest BCUT2D eigenvalue weighted by Crippen LogP contribution is -1.92. The Morgan fingerprint density at radius 3 is 2.67 bits per heavy atom. The van der Waals surface area contributed by atoms with E-state index in [9.17, 15) is 4.79 Å². The molecule has 0 atom stereocenters. The molecule has 2 rings (SSSR count). The van der Waals surface area contributed by atoms with Crippen LogP contribution in [-0.2, 0) is 0 Å². The van der Waals surface area contributed by atoms with Gasteiger partial charge in [-0.15, -0.1) is 11.3 Å². The van der Waals surface area contributed by atoms with E-state index in [1.54, 1.807) is 17.5 Å². The molecule has 94 valence electrons. The van der Waals surface area contributed by atoms with E-state index < -0.39 is 0 Å². The Hall–Kier alpha value is -1.59. The first-order valence-corrected chi connectivity index (χ1v) is 6.28. The van der Waals surface area contributed by atoms with Crippen LogP contribution in [0.5, 0.6) is 11.5 Å². The third-order valence-electron chi connectivity index (χ3n) is 2.32. The average molecular weight is 284 g/mol. The maximum atomic E-state index is 10.6. The van der Waals surface area contributed by atoms with Gasteiger partial charge in [-0.2, -0.15) is 0 Å². The molecule has 0 bridgehead atoms. The molecule has 18 heavy (non-hydrogen) atoms. The van der Waals surface area contributed by atoms with Crippen LogP contribution < -0.4 is 9.47 Å². The molecule has 0 radical (unpaired) electrons. The minimum atomic E-state index is 0.404. The topological polar surface area (TPSA) is 48.4 Å². The summed E-state index contributed by atoms with van der Waals surface area (Å²) in [5.41, 5.74) is 1.19. The highest BCUT2D eigenvalue weighted by atomic mass is 35.5. The predicted molar refractivity (Wildman–Crippen MR) is 71.1 cm³/mol. The maximum Gasteiger partial charge on any atom is 0.179 e. The second-order valence-corrected chi connectivity index (χ2v) is 4.65. The van der Waals surface area contributed by atoms with Gasteiger partial charge >= 0.3 is 0 Å². The van der Waals surface area contributed by atoms with Crippen molar-refractivity contribution < 1.29 is 14.3 Å². The van der Waals surface area contributed by atoms with Crippen molar-refractivity contribution in [2.75, 3.05) is 14.2 Å². The van der Waals surface area contributed by atoms with Crippen LogP contribution in [0.25, 0.3) is 10.6 Å². The fraction of sp³-hybridized carbons (Fsp3) is 0.167. The summed E-state index contributed by atoms with van der Waals surface area (Å²) < 4.78 is 10.4. The van der Waals surface area contributed by atoms with E-state index in [1.807, 2.05) is 0 Å². The molecular weight excluding hydrogens is 274 g/mol. The second kappa shape index (κ2) is 5.37. The summed E-state index contributed by atoms with van der Waals surface area (Å²) in [4.78, 5) is 14.8. The van der Waals surface area contributed by atoms with Crippen LogP contribution in [0.1, 0.15) is 10.5 Å². The Kier molecular flexibility index (Phi) is 3.84. The molecule has 0 spiro atoms. The zero-order chi connectivity index (χ0) is 13.1. The lowest BCUT2D eigenvalue weighted by atomic mass is 10.2. The molecule has 2 aromatic rings. The molecule has 0 saturated heterocycles. The minimum absolute atomic E-state index is 0.404. The summed E-state index contributed by atoms with van der Waals surface area (Å²) >= 11 is 7.48. The highest BCUT2D eigenvalue weighted by molar-refractivity contribution is 7.13. The molecule has 0 amide bonds. The molecule has 0 aliphatic rings. The first kappa shape index (κ1) is 12.9. The van der Waals surface area contributed by atoms with Gasteiger partial charge in [-0.1, -0.05) is 11.6 Å². The van der Waals surface area contributed by atoms with Crippen LogP contribution in [-0.4, -0.2) is 25.5 Å². The van der Waals surface area contributed by atoms with Crippen molar-refractivity contribution in [3.8, 4) is 22.1 Å². The normalized spacial score (nSPS) is 10.2. The number of thiazole rings is 1. The predicted octanol–water partition coefficient (Wildman–Crippen LogP) is 3.29. The highest BCUT2D eigenvalue weighted by Gasteiger charge is 2.13. The van der Waals surface area contributed by atoms with Crippen LogP contribution >= 0.6 is 22.9 Å². The van der Waals surface area contributed by atoms with Crippen molar-refractivity contribution >= 4 is 29.2 Å². The number of hydrogen-bond acceptors (Lipinski definition) is 5. The Balaban J connectivity index is 2.51. The number of hydrogen-bond donors (Lipinski definition) is 0. The van der Waals surface area contributed by atoms with Gasteiger partial charge in [0.25, 0.3) is 0 Å². The quantitative estimate of drug-likeness (QED) is 0.808. The molecule has 0 unspecified atom stereocenters. The number of benzene rings is 1. The molecule has 1 aromatic heterocycles. The fourth-order valence-electron chi connectivity index (χ4n) is 1.51. The molecule has 1 aromatic carbocycles. The zero-order valence-electron chi connectivity index (χ0n) is 9.77. The Bertz CT molecular complexity index is 583. The standard InChI is InChI=1S/C12H10ClNO3S/c1-16-10-4-7(3-9(13)11(10)17-2)12-14-8(5-15)6-18-12/h3-6H,1-2H3. The Labute approximate surface area is 113 Å². The summed E-state index contributed by atoms with van der Waals surface area (Å²) in [6.45, 7) is 0. The third kappa shape index (κ3) is 2.32. The molecule has 0 N–H and O–H groups in total. The van der Waals surface area contributed by atoms with Crippen molar-refractivity contribution in [2.24, 2.45) is 0 Å². The van der Waals surface area contributed by atoms with Crippen LogP contribution in [0.2, 0.25) is 5.02 Å². The van der Waals surface area contributed by atoms with Gasteiger partial charge in [0.05, 0.1) is 19.2 Å². The Morgan fingerprint density at radius 2 is 2.11 bits per heavy atom. The van der Waals surface area contributed by atoms with Gasteiger partial charge in [0, 0.05) is 10.9 Å². The zero-order valence-corrected chi connectivity index (χ0v) is 11.3. The molecule has 0 aliphatic carbocycles. The van der Waals surface area contributed by atoms with Crippen LogP contribution in [0.15, 0.2) is 17.5 Å². The largest absolute Gasteiger partial charge is 0.493 e. The van der Waals surface area contributed by atoms with Crippen LogP contribution in [0.4, 0.5) is 0 Å². The van der Waals surface area contributed by atoms with Gasteiger partial charge in [0.1, 0.15) is 10.7 Å². The summed E-state index contributed by atoms with van der Waals surface area (Å²) in [5.74, 6) is 1.01. The molecule has 0 fully saturated rings. The second-order valence-electron chi connectivity index (χ2n) is 3.39. The number of rotatable bonds is 4. The number of carbonyl (C=O) groups is 1. The minimum Gasteiger partial charge on any atom is -0.493 e. The van der Waals surface area contributed by atoms with Gasteiger partial charge in [-0.3, -0.25) is 4.79 Å². The number of halogens is 1. The lowest BCUT2D eigenvalue weighted by Gasteiger charge is -2.10. The summed E-state index contributed by atoms with van der Waals surface area (Å²) in [5, 5.41) is 2.84. The average Bonchev–Trinajstić information content (AvgIpc) is 2.86. The van der Waals surface area contributed by atoms with E-state index in [0.29, 0.717) is 33.5 Å². The maximum absolute atomic E-state index is 10.6. The molecule has 1 heterocycles. The van der Waals surface area contributed by atoms with E-state index >= 15 is 0 Å². The number of ether oxygens (including phenoxy) is 2. The smallest absolute Gasteiger partial charge is 0.179 e. The number of aldehydes is 1. The molecule has 0 saturated carbocycles. The molecule has 0 aliphatic heterocycles. The van der Waals surface area contributed by atoms with Gasteiger partial charge in [0.15, 0.2) is 17.8 Å². The number of methoxy groups -OCH3 is 2. The third-order valence-corrected chi connectivity index (χ3v) is 3.51. The molecule has 6 heteroatoms. The lowest BCUT2D eigenvalue weighted by molar-refractivity contribution is 0.111. The molecule has 4 nitrogen and oxygen atoms in total. The number of aromatic nitrogens is 1. The van der Waals surface area contributed by atoms with E-state index in [-0.39, 0.29) is 0 Å². The fourth-order valence-corrected chi connectivity index (χ4v) is 2.55. The van der Waals surface area contributed by atoms with Gasteiger partial charge in [-0.25, -0.2) is 4.98 Å². The number of nitrogens with zero attached hydrogens (tertiary/aromatic N) is 1. The van der Waals surface area contributed by atoms with Crippen molar-refractivity contribution in [3.05, 3.63) is 28.2 Å². The molecular formula is C12H10ClNO3S.